The van der Waals surface area contributed by atoms with E-state index in [0.717, 1.165) is 4.31 Å². The Morgan fingerprint density at radius 3 is 2.52 bits per heavy atom. The molecule has 1 aliphatic rings. The van der Waals surface area contributed by atoms with Gasteiger partial charge in [0.1, 0.15) is 0 Å². The third-order valence-corrected chi connectivity index (χ3v) is 6.42. The highest BCUT2D eigenvalue weighted by molar-refractivity contribution is 7.93. The first kappa shape index (κ1) is 17.0. The summed E-state index contributed by atoms with van der Waals surface area (Å²) >= 11 is 0. The number of hydrogen-bond donors (Lipinski definition) is 1. The molecule has 7 nitrogen and oxygen atoms in total. The molecule has 1 amide bonds. The summed E-state index contributed by atoms with van der Waals surface area (Å²) in [5.41, 5.74) is 0.709. The van der Waals surface area contributed by atoms with E-state index in [4.69, 9.17) is 0 Å². The van der Waals surface area contributed by atoms with Crippen LogP contribution in [0.5, 0.6) is 0 Å². The van der Waals surface area contributed by atoms with E-state index in [1.165, 1.54) is 37.4 Å². The highest BCUT2D eigenvalue weighted by atomic mass is 32.2. The Morgan fingerprint density at radius 1 is 1.04 bits per heavy atom. The second-order valence-corrected chi connectivity index (χ2v) is 8.01. The molecule has 1 heterocycles. The van der Waals surface area contributed by atoms with Crippen molar-refractivity contribution in [1.29, 1.82) is 0 Å². The monoisotopic (exact) mass is 381 g/mol. The normalized spacial score (nSPS) is 12.9. The lowest BCUT2D eigenvalue weighted by atomic mass is 10.1. The smallest absolute Gasteiger partial charge is 0.264 e. The van der Waals surface area contributed by atoms with Crippen molar-refractivity contribution < 1.29 is 23.1 Å². The summed E-state index contributed by atoms with van der Waals surface area (Å²) < 4.78 is 27.4. The fourth-order valence-corrected chi connectivity index (χ4v) is 4.69. The van der Waals surface area contributed by atoms with Gasteiger partial charge in [-0.15, -0.1) is 0 Å². The van der Waals surface area contributed by atoms with E-state index >= 15 is 0 Å². The van der Waals surface area contributed by atoms with Gasteiger partial charge in [0.25, 0.3) is 15.9 Å². The number of benzene rings is 3. The Labute approximate surface area is 154 Å². The second kappa shape index (κ2) is 5.82. The molecule has 0 aliphatic carbocycles. The summed E-state index contributed by atoms with van der Waals surface area (Å²) in [6.07, 6.45) is 0. The van der Waals surface area contributed by atoms with Crippen LogP contribution in [0.2, 0.25) is 0 Å². The molecule has 0 spiro atoms. The van der Waals surface area contributed by atoms with Crippen LogP contribution >= 0.6 is 0 Å². The first-order chi connectivity index (χ1) is 12.8. The van der Waals surface area contributed by atoms with Gasteiger partial charge < -0.3 is 15.2 Å². The molecule has 0 saturated carbocycles. The minimum atomic E-state index is -4.09. The van der Waals surface area contributed by atoms with Crippen LogP contribution in [0.4, 0.5) is 11.4 Å². The zero-order valence-electron chi connectivity index (χ0n) is 14.1. The van der Waals surface area contributed by atoms with Crippen LogP contribution in [0.3, 0.4) is 0 Å². The zero-order valence-corrected chi connectivity index (χ0v) is 14.9. The second-order valence-electron chi connectivity index (χ2n) is 6.07. The molecule has 4 rings (SSSR count). The number of hydrogen-bond acceptors (Lipinski definition) is 5. The molecular formula is C19H13N2O5S-. The van der Waals surface area contributed by atoms with E-state index in [-0.39, 0.29) is 22.1 Å². The van der Waals surface area contributed by atoms with Crippen LogP contribution in [-0.2, 0) is 10.0 Å². The zero-order chi connectivity index (χ0) is 19.3. The SMILES string of the molecule is CN(c1ccccc1C(=O)[O-])S(=O)(=O)c1ccc2c3c(cccc13)C(=O)N2. The van der Waals surface area contributed by atoms with Crippen molar-refractivity contribution in [2.75, 3.05) is 16.7 Å². The number of nitrogens with one attached hydrogen (secondary N) is 1. The van der Waals surface area contributed by atoms with E-state index in [9.17, 15) is 23.1 Å². The van der Waals surface area contributed by atoms with E-state index in [1.54, 1.807) is 24.3 Å². The summed E-state index contributed by atoms with van der Waals surface area (Å²) in [6, 6.07) is 13.5. The Balaban J connectivity index is 1.93. The predicted octanol–water partition coefficient (Wildman–Crippen LogP) is 1.59. The maximum atomic E-state index is 13.3. The number of carboxylic acid groups (broad SMARTS) is 1. The number of para-hydroxylation sites is 1. The van der Waals surface area contributed by atoms with Crippen molar-refractivity contribution in [3.8, 4) is 0 Å². The maximum Gasteiger partial charge on any atom is 0.264 e. The molecule has 3 aromatic carbocycles. The van der Waals surface area contributed by atoms with Crippen LogP contribution in [-0.4, -0.2) is 27.3 Å². The number of anilines is 2. The first-order valence-electron chi connectivity index (χ1n) is 7.99. The van der Waals surface area contributed by atoms with Crippen molar-refractivity contribution in [2.45, 2.75) is 4.90 Å². The molecule has 0 fully saturated rings. The largest absolute Gasteiger partial charge is 0.545 e. The van der Waals surface area contributed by atoms with E-state index in [1.807, 2.05) is 0 Å². The number of amides is 1. The fourth-order valence-electron chi connectivity index (χ4n) is 3.29. The van der Waals surface area contributed by atoms with Gasteiger partial charge in [-0.05, 0) is 24.3 Å². The van der Waals surface area contributed by atoms with Gasteiger partial charge in [-0.2, -0.15) is 0 Å². The van der Waals surface area contributed by atoms with Crippen LogP contribution in [0.25, 0.3) is 10.8 Å². The van der Waals surface area contributed by atoms with Crippen LogP contribution in [0.1, 0.15) is 20.7 Å². The van der Waals surface area contributed by atoms with Gasteiger partial charge in [-0.25, -0.2) is 8.42 Å². The minimum absolute atomic E-state index is 0.00467. The number of sulfonamides is 1. The summed E-state index contributed by atoms with van der Waals surface area (Å²) in [5.74, 6) is -1.76. The highest BCUT2D eigenvalue weighted by Crippen LogP contribution is 2.38. The Morgan fingerprint density at radius 2 is 1.78 bits per heavy atom. The molecule has 8 heteroatoms. The molecule has 0 radical (unpaired) electrons. The molecule has 136 valence electrons. The number of carbonyl (C=O) groups is 2. The average molecular weight is 381 g/mol. The van der Waals surface area contributed by atoms with Gasteiger partial charge in [-0.3, -0.25) is 9.10 Å². The lowest BCUT2D eigenvalue weighted by Crippen LogP contribution is -2.31. The predicted molar refractivity (Wildman–Crippen MR) is 98.3 cm³/mol. The van der Waals surface area contributed by atoms with Gasteiger partial charge in [-0.1, -0.05) is 30.3 Å². The molecule has 3 aromatic rings. The quantitative estimate of drug-likeness (QED) is 0.739. The van der Waals surface area contributed by atoms with Crippen LogP contribution in [0.15, 0.2) is 59.5 Å². The lowest BCUT2D eigenvalue weighted by molar-refractivity contribution is -0.254. The van der Waals surface area contributed by atoms with Gasteiger partial charge in [0.2, 0.25) is 0 Å². The number of carbonyl (C=O) groups excluding carboxylic acids is 2. The molecule has 0 bridgehead atoms. The first-order valence-corrected chi connectivity index (χ1v) is 9.43. The van der Waals surface area contributed by atoms with Crippen molar-refractivity contribution in [3.05, 3.63) is 65.7 Å². The van der Waals surface area contributed by atoms with Gasteiger partial charge in [0.05, 0.1) is 16.6 Å². The number of nitrogens with zero attached hydrogens (tertiary/aromatic N) is 1. The van der Waals surface area contributed by atoms with Crippen LogP contribution in [0, 0.1) is 0 Å². The van der Waals surface area contributed by atoms with Crippen molar-refractivity contribution in [2.24, 2.45) is 0 Å². The number of aromatic carboxylic acids is 1. The van der Waals surface area contributed by atoms with Crippen LogP contribution < -0.4 is 14.7 Å². The topological polar surface area (TPSA) is 107 Å². The number of carboxylic acids is 1. The van der Waals surface area contributed by atoms with Crippen molar-refractivity contribution >= 4 is 44.0 Å². The third-order valence-electron chi connectivity index (χ3n) is 4.60. The standard InChI is InChI=1S/C19H14N2O5S/c1-21(15-8-3-2-5-11(15)19(23)24)27(25,26)16-10-9-14-17-12(16)6-4-7-13(17)18(22)20-14/h2-10H,1H3,(H,20,22)(H,23,24)/p-1. The summed E-state index contributed by atoms with van der Waals surface area (Å²) in [6.45, 7) is 0. The minimum Gasteiger partial charge on any atom is -0.545 e. The van der Waals surface area contributed by atoms with E-state index in [0.29, 0.717) is 22.0 Å². The molecule has 0 aromatic heterocycles. The van der Waals surface area contributed by atoms with E-state index < -0.39 is 16.0 Å². The van der Waals surface area contributed by atoms with Gasteiger partial charge in [0.15, 0.2) is 0 Å². The molecule has 0 unspecified atom stereocenters. The summed E-state index contributed by atoms with van der Waals surface area (Å²) in [5, 5.41) is 15.0. The molecule has 0 saturated heterocycles. The molecular weight excluding hydrogens is 368 g/mol. The van der Waals surface area contributed by atoms with E-state index in [2.05, 4.69) is 5.32 Å². The molecule has 1 N–H and O–H groups in total. The fraction of sp³-hybridized carbons (Fsp3) is 0.0526. The van der Waals surface area contributed by atoms with Crippen molar-refractivity contribution in [3.63, 3.8) is 0 Å². The summed E-state index contributed by atoms with van der Waals surface area (Å²) in [7, 11) is -2.81. The molecule has 0 atom stereocenters. The highest BCUT2D eigenvalue weighted by Gasteiger charge is 2.29. The Kier molecular flexibility index (Phi) is 3.67. The third kappa shape index (κ3) is 2.45. The summed E-state index contributed by atoms with van der Waals surface area (Å²) in [4.78, 5) is 23.4. The Bertz CT molecular complexity index is 1230. The van der Waals surface area contributed by atoms with Gasteiger partial charge in [0, 0.05) is 34.6 Å². The maximum absolute atomic E-state index is 13.3. The van der Waals surface area contributed by atoms with Crippen molar-refractivity contribution in [1.82, 2.24) is 0 Å². The number of rotatable bonds is 4. The lowest BCUT2D eigenvalue weighted by Gasteiger charge is -2.23. The molecule has 1 aliphatic heterocycles. The van der Waals surface area contributed by atoms with Gasteiger partial charge >= 0.3 is 0 Å². The Hall–Kier alpha value is -3.39. The molecule has 27 heavy (non-hydrogen) atoms. The average Bonchev–Trinajstić information content (AvgIpc) is 2.98.